The number of anilines is 1. The van der Waals surface area contributed by atoms with Gasteiger partial charge in [0.15, 0.2) is 0 Å². The Morgan fingerprint density at radius 2 is 1.57 bits per heavy atom. The molecule has 228 valence electrons. The van der Waals surface area contributed by atoms with Gasteiger partial charge in [0, 0.05) is 6.54 Å². The lowest BCUT2D eigenvalue weighted by molar-refractivity contribution is -0.138. The number of carbonyl (C=O) groups excluding carboxylic acids is 1. The third kappa shape index (κ3) is 12.6. The van der Waals surface area contributed by atoms with E-state index in [0.717, 1.165) is 49.4 Å². The second-order valence-corrected chi connectivity index (χ2v) is 9.68. The minimum absolute atomic E-state index is 0.314. The van der Waals surface area contributed by atoms with Crippen LogP contribution in [-0.4, -0.2) is 60.8 Å². The zero-order valence-corrected chi connectivity index (χ0v) is 25.0. The van der Waals surface area contributed by atoms with E-state index in [1.165, 1.54) is 0 Å². The van der Waals surface area contributed by atoms with Gasteiger partial charge in [-0.05, 0) is 67.4 Å². The van der Waals surface area contributed by atoms with E-state index in [1.54, 1.807) is 18.2 Å². The number of unbranched alkanes of at least 4 members (excludes halogenated alkanes) is 1. The average molecular weight is 580 g/mol. The summed E-state index contributed by atoms with van der Waals surface area (Å²) in [6, 6.07) is 21.4. The van der Waals surface area contributed by atoms with E-state index in [2.05, 4.69) is 25.7 Å². The molecule has 0 saturated heterocycles. The number of nitrogen functional groups attached to an aromatic ring is 1. The van der Waals surface area contributed by atoms with Crippen LogP contribution in [0.4, 0.5) is 5.69 Å². The van der Waals surface area contributed by atoms with Gasteiger partial charge in [-0.3, -0.25) is 4.79 Å². The standard InChI is InChI=1S/C17H28N2O3.C16H17NO3/c1-4-7-11-21-16-13-14(8-9-15(16)18)17(20)22-12-10-19(5-2)6-3;17-15(16(18)19)10-12-6-8-14(9-7-12)20-11-13-4-2-1-3-5-13/h8-9,13H,4-7,10-12,18H2,1-3H3;1-9,15H,10-11,17H2,(H,18,19)/t;15-/m.1/s1. The van der Waals surface area contributed by atoms with E-state index in [-0.39, 0.29) is 5.97 Å². The van der Waals surface area contributed by atoms with Crippen LogP contribution in [0.25, 0.3) is 0 Å². The molecule has 0 heterocycles. The molecule has 5 N–H and O–H groups in total. The Hall–Kier alpha value is -4.08. The third-order valence-corrected chi connectivity index (χ3v) is 6.48. The molecule has 0 bridgehead atoms. The van der Waals surface area contributed by atoms with Crippen molar-refractivity contribution >= 4 is 17.6 Å². The van der Waals surface area contributed by atoms with Gasteiger partial charge in [0.25, 0.3) is 0 Å². The fraction of sp³-hybridized carbons (Fsp3) is 0.394. The zero-order chi connectivity index (χ0) is 30.7. The van der Waals surface area contributed by atoms with Gasteiger partial charge in [0.05, 0.1) is 17.9 Å². The van der Waals surface area contributed by atoms with Crippen molar-refractivity contribution in [3.05, 3.63) is 89.5 Å². The van der Waals surface area contributed by atoms with Crippen LogP contribution in [0.3, 0.4) is 0 Å². The van der Waals surface area contributed by atoms with Crippen LogP contribution in [-0.2, 0) is 22.6 Å². The number of hydrogen-bond donors (Lipinski definition) is 3. The number of carboxylic acids is 1. The van der Waals surface area contributed by atoms with Crippen LogP contribution < -0.4 is 20.9 Å². The van der Waals surface area contributed by atoms with Crippen LogP contribution >= 0.6 is 0 Å². The Morgan fingerprint density at radius 3 is 2.19 bits per heavy atom. The molecule has 42 heavy (non-hydrogen) atoms. The monoisotopic (exact) mass is 579 g/mol. The van der Waals surface area contributed by atoms with E-state index in [4.69, 9.17) is 30.8 Å². The molecule has 3 aromatic carbocycles. The number of esters is 1. The number of aliphatic carboxylic acids is 1. The van der Waals surface area contributed by atoms with Crippen molar-refractivity contribution in [2.75, 3.05) is 38.6 Å². The molecule has 0 unspecified atom stereocenters. The molecular weight excluding hydrogens is 534 g/mol. The molecule has 3 rings (SSSR count). The molecule has 0 radical (unpaired) electrons. The first-order valence-corrected chi connectivity index (χ1v) is 14.4. The van der Waals surface area contributed by atoms with Gasteiger partial charge >= 0.3 is 11.9 Å². The minimum atomic E-state index is -0.991. The highest BCUT2D eigenvalue weighted by molar-refractivity contribution is 5.90. The molecule has 1 atom stereocenters. The van der Waals surface area contributed by atoms with Crippen molar-refractivity contribution < 1.29 is 28.9 Å². The molecule has 0 amide bonds. The van der Waals surface area contributed by atoms with E-state index >= 15 is 0 Å². The largest absolute Gasteiger partial charge is 0.491 e. The first kappa shape index (κ1) is 34.1. The molecule has 0 aliphatic heterocycles. The van der Waals surface area contributed by atoms with Gasteiger partial charge in [-0.1, -0.05) is 69.7 Å². The molecule has 9 heteroatoms. The van der Waals surface area contributed by atoms with E-state index < -0.39 is 12.0 Å². The highest BCUT2D eigenvalue weighted by atomic mass is 16.5. The average Bonchev–Trinajstić information content (AvgIpc) is 3.00. The Morgan fingerprint density at radius 1 is 0.881 bits per heavy atom. The number of carbonyl (C=O) groups is 2. The Bertz CT molecular complexity index is 1200. The second-order valence-electron chi connectivity index (χ2n) is 9.68. The van der Waals surface area contributed by atoms with Crippen molar-refractivity contribution in [3.8, 4) is 11.5 Å². The number of carboxylic acid groups (broad SMARTS) is 1. The number of likely N-dealkylation sites (N-methyl/N-ethyl adjacent to an activating group) is 1. The van der Waals surface area contributed by atoms with E-state index in [1.807, 2.05) is 54.6 Å². The van der Waals surface area contributed by atoms with Gasteiger partial charge in [0.2, 0.25) is 0 Å². The summed E-state index contributed by atoms with van der Waals surface area (Å²) >= 11 is 0. The molecule has 3 aromatic rings. The first-order chi connectivity index (χ1) is 20.3. The maximum atomic E-state index is 12.1. The Kier molecular flexibility index (Phi) is 15.5. The minimum Gasteiger partial charge on any atom is -0.491 e. The highest BCUT2D eigenvalue weighted by Crippen LogP contribution is 2.23. The predicted molar refractivity (Wildman–Crippen MR) is 166 cm³/mol. The van der Waals surface area contributed by atoms with E-state index in [9.17, 15) is 9.59 Å². The number of benzene rings is 3. The summed E-state index contributed by atoms with van der Waals surface area (Å²) in [4.78, 5) is 24.9. The van der Waals surface area contributed by atoms with Crippen molar-refractivity contribution in [2.45, 2.75) is 52.7 Å². The van der Waals surface area contributed by atoms with Crippen molar-refractivity contribution in [3.63, 3.8) is 0 Å². The van der Waals surface area contributed by atoms with Crippen LogP contribution in [0.5, 0.6) is 11.5 Å². The molecule has 0 aliphatic carbocycles. The first-order valence-electron chi connectivity index (χ1n) is 14.4. The second kappa shape index (κ2) is 19.1. The smallest absolute Gasteiger partial charge is 0.338 e. The van der Waals surface area contributed by atoms with Gasteiger partial charge in [-0.25, -0.2) is 4.79 Å². The lowest BCUT2D eigenvalue weighted by atomic mass is 10.1. The van der Waals surface area contributed by atoms with Crippen LogP contribution in [0.15, 0.2) is 72.8 Å². The summed E-state index contributed by atoms with van der Waals surface area (Å²) in [5.41, 5.74) is 14.3. The van der Waals surface area contributed by atoms with Crippen molar-refractivity contribution in [1.82, 2.24) is 4.90 Å². The summed E-state index contributed by atoms with van der Waals surface area (Å²) < 4.78 is 16.6. The van der Waals surface area contributed by atoms with Crippen LogP contribution in [0.1, 0.15) is 55.1 Å². The van der Waals surface area contributed by atoms with Gasteiger partial charge in [-0.15, -0.1) is 0 Å². The maximum Gasteiger partial charge on any atom is 0.338 e. The fourth-order valence-electron chi connectivity index (χ4n) is 3.81. The topological polar surface area (TPSA) is 137 Å². The molecule has 0 aliphatic rings. The van der Waals surface area contributed by atoms with Gasteiger partial charge < -0.3 is 35.7 Å². The Balaban J connectivity index is 0.000000294. The summed E-state index contributed by atoms with van der Waals surface area (Å²) in [6.07, 6.45) is 2.32. The van der Waals surface area contributed by atoms with Crippen LogP contribution in [0, 0.1) is 0 Å². The summed E-state index contributed by atoms with van der Waals surface area (Å²) in [5.74, 6) is -0.0324. The number of ether oxygens (including phenoxy) is 3. The number of rotatable bonds is 16. The lowest BCUT2D eigenvalue weighted by Gasteiger charge is -2.17. The number of nitrogens with two attached hydrogens (primary N) is 2. The summed E-state index contributed by atoms with van der Waals surface area (Å²) in [5, 5.41) is 8.76. The van der Waals surface area contributed by atoms with Crippen molar-refractivity contribution in [1.29, 1.82) is 0 Å². The zero-order valence-electron chi connectivity index (χ0n) is 25.0. The SMILES string of the molecule is CCCCOc1cc(C(=O)OCCN(CC)CC)ccc1N.N[C@H](Cc1ccc(OCc2ccccc2)cc1)C(=O)O. The van der Waals surface area contributed by atoms with Gasteiger partial charge in [0.1, 0.15) is 30.8 Å². The molecule has 0 fully saturated rings. The molecule has 0 saturated carbocycles. The normalized spacial score (nSPS) is 11.3. The quantitative estimate of drug-likeness (QED) is 0.119. The molecule has 0 aromatic heterocycles. The molecule has 9 nitrogen and oxygen atoms in total. The maximum absolute atomic E-state index is 12.1. The Labute approximate surface area is 249 Å². The number of nitrogens with zero attached hydrogens (tertiary/aromatic N) is 1. The molecular formula is C33H45N3O6. The van der Waals surface area contributed by atoms with E-state index in [0.29, 0.717) is 43.2 Å². The predicted octanol–water partition coefficient (Wildman–Crippen LogP) is 5.17. The summed E-state index contributed by atoms with van der Waals surface area (Å²) in [7, 11) is 0. The van der Waals surface area contributed by atoms with Crippen molar-refractivity contribution in [2.24, 2.45) is 5.73 Å². The lowest BCUT2D eigenvalue weighted by Crippen LogP contribution is -2.32. The van der Waals surface area contributed by atoms with Gasteiger partial charge in [-0.2, -0.15) is 0 Å². The summed E-state index contributed by atoms with van der Waals surface area (Å²) in [6.45, 7) is 10.4. The fourth-order valence-corrected chi connectivity index (χ4v) is 3.81. The third-order valence-electron chi connectivity index (χ3n) is 6.48. The number of hydrogen-bond acceptors (Lipinski definition) is 8. The highest BCUT2D eigenvalue weighted by Gasteiger charge is 2.12. The molecule has 0 spiro atoms. The van der Waals surface area contributed by atoms with Crippen LogP contribution in [0.2, 0.25) is 0 Å².